The number of nitro groups is 1. The summed E-state index contributed by atoms with van der Waals surface area (Å²) in [7, 11) is 0. The van der Waals surface area contributed by atoms with Crippen LogP contribution < -0.4 is 10.1 Å². The minimum Gasteiger partial charge on any atom is -0.490 e. The van der Waals surface area contributed by atoms with E-state index < -0.39 is 10.8 Å². The minimum atomic E-state index is -0.499. The minimum absolute atomic E-state index is 0.0708. The van der Waals surface area contributed by atoms with Gasteiger partial charge in [0.15, 0.2) is 5.75 Å². The molecule has 0 unspecified atom stereocenters. The lowest BCUT2D eigenvalue weighted by Crippen LogP contribution is -2.12. The van der Waals surface area contributed by atoms with Crippen LogP contribution in [0.5, 0.6) is 5.75 Å². The molecule has 6 nitrogen and oxygen atoms in total. The van der Waals surface area contributed by atoms with E-state index in [-0.39, 0.29) is 21.3 Å². The number of halogens is 2. The van der Waals surface area contributed by atoms with E-state index in [1.165, 1.54) is 18.2 Å². The van der Waals surface area contributed by atoms with Crippen LogP contribution in [0.25, 0.3) is 0 Å². The van der Waals surface area contributed by atoms with Crippen molar-refractivity contribution >= 4 is 40.5 Å². The van der Waals surface area contributed by atoms with E-state index in [4.69, 9.17) is 27.9 Å². The first kappa shape index (κ1) is 20.0. The summed E-state index contributed by atoms with van der Waals surface area (Å²) in [5.41, 5.74) is 0.972. The van der Waals surface area contributed by atoms with Crippen molar-refractivity contribution in [3.05, 3.63) is 61.6 Å². The van der Waals surface area contributed by atoms with Gasteiger partial charge in [-0.15, -0.1) is 0 Å². The van der Waals surface area contributed by atoms with E-state index in [0.29, 0.717) is 23.6 Å². The summed E-state index contributed by atoms with van der Waals surface area (Å²) in [5.74, 6) is -0.142. The molecule has 0 aliphatic rings. The van der Waals surface area contributed by atoms with Crippen molar-refractivity contribution in [1.29, 1.82) is 0 Å². The van der Waals surface area contributed by atoms with Gasteiger partial charge < -0.3 is 10.1 Å². The third-order valence-corrected chi connectivity index (χ3v) is 4.23. The van der Waals surface area contributed by atoms with Gasteiger partial charge in [0.2, 0.25) is 0 Å². The molecule has 0 spiro atoms. The standard InChI is InChI=1S/C18H18Cl2N2O4/c1-3-4-7-26-17-14(19)8-12(9-15(17)20)18(23)21-13-6-5-11(2)16(10-13)22(24)25/h5-6,8-10H,3-4,7H2,1-2H3,(H,21,23). The van der Waals surface area contributed by atoms with Crippen molar-refractivity contribution in [2.45, 2.75) is 26.7 Å². The maximum atomic E-state index is 12.4. The van der Waals surface area contributed by atoms with Gasteiger partial charge in [-0.3, -0.25) is 14.9 Å². The number of nitrogens with zero attached hydrogens (tertiary/aromatic N) is 1. The summed E-state index contributed by atoms with van der Waals surface area (Å²) in [6.07, 6.45) is 1.83. The predicted molar refractivity (Wildman–Crippen MR) is 103 cm³/mol. The van der Waals surface area contributed by atoms with Gasteiger partial charge >= 0.3 is 0 Å². The number of unbranched alkanes of at least 4 members (excludes halogenated alkanes) is 1. The average Bonchev–Trinajstić information content (AvgIpc) is 2.58. The third-order valence-electron chi connectivity index (χ3n) is 3.67. The van der Waals surface area contributed by atoms with Crippen molar-refractivity contribution in [2.24, 2.45) is 0 Å². The fraction of sp³-hybridized carbons (Fsp3) is 0.278. The van der Waals surface area contributed by atoms with Crippen molar-refractivity contribution in [3.8, 4) is 5.75 Å². The second-order valence-electron chi connectivity index (χ2n) is 5.68. The van der Waals surface area contributed by atoms with Gasteiger partial charge in [0.25, 0.3) is 11.6 Å². The number of hydrogen-bond acceptors (Lipinski definition) is 4. The molecule has 1 amide bonds. The van der Waals surface area contributed by atoms with E-state index in [9.17, 15) is 14.9 Å². The predicted octanol–water partition coefficient (Wildman–Crippen LogP) is 5.64. The van der Waals surface area contributed by atoms with Crippen LogP contribution in [0.2, 0.25) is 10.0 Å². The third kappa shape index (κ3) is 4.86. The summed E-state index contributed by atoms with van der Waals surface area (Å²) >= 11 is 12.3. The van der Waals surface area contributed by atoms with Crippen molar-refractivity contribution in [2.75, 3.05) is 11.9 Å². The molecule has 0 saturated carbocycles. The molecule has 0 bridgehead atoms. The summed E-state index contributed by atoms with van der Waals surface area (Å²) in [6.45, 7) is 4.14. The SMILES string of the molecule is CCCCOc1c(Cl)cc(C(=O)Nc2ccc(C)c([N+](=O)[O-])c2)cc1Cl. The van der Waals surface area contributed by atoms with Crippen LogP contribution in [0.3, 0.4) is 0 Å². The molecule has 0 fully saturated rings. The molecule has 0 heterocycles. The van der Waals surface area contributed by atoms with E-state index in [0.717, 1.165) is 12.8 Å². The van der Waals surface area contributed by atoms with Crippen molar-refractivity contribution in [1.82, 2.24) is 0 Å². The quantitative estimate of drug-likeness (QED) is 0.372. The summed E-state index contributed by atoms with van der Waals surface area (Å²) in [4.78, 5) is 22.9. The molecule has 26 heavy (non-hydrogen) atoms. The lowest BCUT2D eigenvalue weighted by molar-refractivity contribution is -0.385. The Morgan fingerprint density at radius 3 is 2.46 bits per heavy atom. The fourth-order valence-corrected chi connectivity index (χ4v) is 2.83. The number of rotatable bonds is 7. The molecule has 8 heteroatoms. The van der Waals surface area contributed by atoms with E-state index in [1.807, 2.05) is 6.92 Å². The molecule has 138 valence electrons. The average molecular weight is 397 g/mol. The summed E-state index contributed by atoms with van der Waals surface area (Å²) < 4.78 is 5.55. The normalized spacial score (nSPS) is 10.5. The van der Waals surface area contributed by atoms with Crippen molar-refractivity contribution in [3.63, 3.8) is 0 Å². The molecule has 0 aromatic heterocycles. The zero-order valence-electron chi connectivity index (χ0n) is 14.3. The molecule has 0 radical (unpaired) electrons. The topological polar surface area (TPSA) is 81.5 Å². The second-order valence-corrected chi connectivity index (χ2v) is 6.50. The number of amides is 1. The van der Waals surface area contributed by atoms with E-state index in [2.05, 4.69) is 5.32 Å². The van der Waals surface area contributed by atoms with Gasteiger partial charge in [-0.05, 0) is 31.5 Å². The molecule has 2 aromatic rings. The zero-order valence-corrected chi connectivity index (χ0v) is 15.9. The van der Waals surface area contributed by atoms with E-state index >= 15 is 0 Å². The molecule has 0 atom stereocenters. The van der Waals surface area contributed by atoms with Gasteiger partial charge in [-0.25, -0.2) is 0 Å². The Hall–Kier alpha value is -2.31. The lowest BCUT2D eigenvalue weighted by Gasteiger charge is -2.12. The Morgan fingerprint density at radius 2 is 1.88 bits per heavy atom. The highest BCUT2D eigenvalue weighted by molar-refractivity contribution is 6.37. The molecule has 0 aliphatic heterocycles. The number of nitro benzene ring substituents is 1. The van der Waals surface area contributed by atoms with Gasteiger partial charge in [0.1, 0.15) is 0 Å². The van der Waals surface area contributed by atoms with Crippen molar-refractivity contribution < 1.29 is 14.5 Å². The van der Waals surface area contributed by atoms with Crippen LogP contribution in [0.15, 0.2) is 30.3 Å². The highest BCUT2D eigenvalue weighted by Gasteiger charge is 2.16. The fourth-order valence-electron chi connectivity index (χ4n) is 2.23. The van der Waals surface area contributed by atoms with Gasteiger partial charge in [0.05, 0.1) is 21.6 Å². The number of carbonyl (C=O) groups is 1. The first-order valence-corrected chi connectivity index (χ1v) is 8.77. The van der Waals surface area contributed by atoms with Crippen LogP contribution in [-0.2, 0) is 0 Å². The monoisotopic (exact) mass is 396 g/mol. The van der Waals surface area contributed by atoms with E-state index in [1.54, 1.807) is 19.1 Å². The molecule has 1 N–H and O–H groups in total. The number of anilines is 1. The Morgan fingerprint density at radius 1 is 1.23 bits per heavy atom. The zero-order chi connectivity index (χ0) is 19.3. The van der Waals surface area contributed by atoms with Gasteiger partial charge in [-0.1, -0.05) is 42.6 Å². The molecule has 2 rings (SSSR count). The number of ether oxygens (including phenoxy) is 1. The molecular weight excluding hydrogens is 379 g/mol. The molecule has 0 saturated heterocycles. The van der Waals surface area contributed by atoms with Crippen LogP contribution in [0.1, 0.15) is 35.7 Å². The first-order chi connectivity index (χ1) is 12.3. The highest BCUT2D eigenvalue weighted by Crippen LogP contribution is 2.34. The molecular formula is C18H18Cl2N2O4. The maximum Gasteiger partial charge on any atom is 0.274 e. The Bertz CT molecular complexity index is 817. The maximum absolute atomic E-state index is 12.4. The largest absolute Gasteiger partial charge is 0.490 e. The first-order valence-electron chi connectivity index (χ1n) is 8.01. The second kappa shape index (κ2) is 8.87. The number of nitrogens with one attached hydrogen (secondary N) is 1. The van der Waals surface area contributed by atoms with Gasteiger partial charge in [0, 0.05) is 22.9 Å². The lowest BCUT2D eigenvalue weighted by atomic mass is 10.1. The van der Waals surface area contributed by atoms with Crippen LogP contribution in [0, 0.1) is 17.0 Å². The molecule has 0 aliphatic carbocycles. The van der Waals surface area contributed by atoms with Crippen LogP contribution in [0.4, 0.5) is 11.4 Å². The number of carbonyl (C=O) groups excluding carboxylic acids is 1. The Balaban J connectivity index is 2.20. The Labute approximate surface area is 161 Å². The Kier molecular flexibility index (Phi) is 6.83. The molecule has 2 aromatic carbocycles. The number of aryl methyl sites for hydroxylation is 1. The van der Waals surface area contributed by atoms with Gasteiger partial charge in [-0.2, -0.15) is 0 Å². The van der Waals surface area contributed by atoms with Crippen LogP contribution >= 0.6 is 23.2 Å². The number of benzene rings is 2. The van der Waals surface area contributed by atoms with Crippen LogP contribution in [-0.4, -0.2) is 17.4 Å². The summed E-state index contributed by atoms with van der Waals surface area (Å²) in [6, 6.07) is 7.36. The smallest absolute Gasteiger partial charge is 0.274 e. The summed E-state index contributed by atoms with van der Waals surface area (Å²) in [5, 5.41) is 14.1. The highest BCUT2D eigenvalue weighted by atomic mass is 35.5. The number of hydrogen-bond donors (Lipinski definition) is 1.